The van der Waals surface area contributed by atoms with Gasteiger partial charge in [-0.1, -0.05) is 54.6 Å². The topological polar surface area (TPSA) is 82.3 Å². The maximum atomic E-state index is 4.98. The number of hydrogen-bond acceptors (Lipinski definition) is 6. The van der Waals surface area contributed by atoms with Gasteiger partial charge in [0.15, 0.2) is 11.6 Å². The summed E-state index contributed by atoms with van der Waals surface area (Å²) in [6.45, 7) is 0. The quantitative estimate of drug-likeness (QED) is 0.261. The van der Waals surface area contributed by atoms with Crippen LogP contribution in [0.4, 0.5) is 0 Å². The predicted octanol–water partition coefficient (Wildman–Crippen LogP) is 6.67. The lowest BCUT2D eigenvalue weighted by Crippen LogP contribution is -2.03. The molecule has 7 heteroatoms. The van der Waals surface area contributed by atoms with Crippen molar-refractivity contribution >= 4 is 10.9 Å². The molecular formula is C32H21N7. The summed E-state index contributed by atoms with van der Waals surface area (Å²) in [5.74, 6) is 1.24. The van der Waals surface area contributed by atoms with Gasteiger partial charge in [-0.2, -0.15) is 0 Å². The van der Waals surface area contributed by atoms with E-state index in [0.717, 1.165) is 39.2 Å². The lowest BCUT2D eigenvalue weighted by Gasteiger charge is -2.11. The first-order valence-electron chi connectivity index (χ1n) is 12.6. The molecule has 0 aliphatic carbocycles. The minimum absolute atomic E-state index is 0.619. The van der Waals surface area contributed by atoms with Crippen LogP contribution >= 0.6 is 0 Å². The Kier molecular flexibility index (Phi) is 5.64. The second kappa shape index (κ2) is 9.72. The van der Waals surface area contributed by atoms with Crippen molar-refractivity contribution in [1.82, 2.24) is 34.7 Å². The Hall–Kier alpha value is -5.56. The van der Waals surface area contributed by atoms with Crippen LogP contribution < -0.4 is 0 Å². The fourth-order valence-corrected chi connectivity index (χ4v) is 4.58. The van der Waals surface area contributed by atoms with Crippen LogP contribution in [0.1, 0.15) is 0 Å². The Labute approximate surface area is 224 Å². The zero-order chi connectivity index (χ0) is 26.0. The summed E-state index contributed by atoms with van der Waals surface area (Å²) in [5.41, 5.74) is 6.56. The molecule has 184 valence electrons. The van der Waals surface area contributed by atoms with Gasteiger partial charge in [0.25, 0.3) is 0 Å². The molecular weight excluding hydrogens is 482 g/mol. The lowest BCUT2D eigenvalue weighted by molar-refractivity contribution is 1.05. The van der Waals surface area contributed by atoms with Gasteiger partial charge in [-0.05, 0) is 60.7 Å². The summed E-state index contributed by atoms with van der Waals surface area (Å²) < 4.78 is 2.00. The van der Waals surface area contributed by atoms with E-state index in [2.05, 4.69) is 32.3 Å². The van der Waals surface area contributed by atoms with Crippen LogP contribution in [-0.4, -0.2) is 34.7 Å². The Morgan fingerprint density at radius 3 is 1.90 bits per heavy atom. The zero-order valence-corrected chi connectivity index (χ0v) is 20.8. The molecule has 0 aliphatic rings. The third-order valence-electron chi connectivity index (χ3n) is 6.45. The smallest absolute Gasteiger partial charge is 0.187 e. The van der Waals surface area contributed by atoms with Gasteiger partial charge >= 0.3 is 0 Å². The minimum atomic E-state index is 0.619. The van der Waals surface area contributed by atoms with Gasteiger partial charge < -0.3 is 0 Å². The third kappa shape index (κ3) is 4.32. The Bertz CT molecular complexity index is 1910. The largest absolute Gasteiger partial charge is 0.272 e. The minimum Gasteiger partial charge on any atom is -0.272 e. The molecule has 2 aromatic carbocycles. The molecule has 0 unspecified atom stereocenters. The highest BCUT2D eigenvalue weighted by Gasteiger charge is 2.20. The maximum absolute atomic E-state index is 4.98. The summed E-state index contributed by atoms with van der Waals surface area (Å²) >= 11 is 0. The van der Waals surface area contributed by atoms with Crippen molar-refractivity contribution in [1.29, 1.82) is 0 Å². The summed E-state index contributed by atoms with van der Waals surface area (Å²) in [6, 6.07) is 37.7. The molecule has 0 bridgehead atoms. The first-order chi connectivity index (χ1) is 19.3. The molecule has 7 aromatic rings. The Morgan fingerprint density at radius 1 is 0.487 bits per heavy atom. The van der Waals surface area contributed by atoms with Crippen molar-refractivity contribution in [3.05, 3.63) is 128 Å². The Balaban J connectivity index is 1.36. The van der Waals surface area contributed by atoms with Crippen molar-refractivity contribution in [3.63, 3.8) is 0 Å². The summed E-state index contributed by atoms with van der Waals surface area (Å²) in [5, 5.41) is 10.3. The van der Waals surface area contributed by atoms with E-state index in [-0.39, 0.29) is 0 Å². The van der Waals surface area contributed by atoms with E-state index in [1.54, 1.807) is 6.20 Å². The summed E-state index contributed by atoms with van der Waals surface area (Å²) in [6.07, 6.45) is 3.62. The summed E-state index contributed by atoms with van der Waals surface area (Å²) in [4.78, 5) is 18.9. The van der Waals surface area contributed by atoms with Gasteiger partial charge in [0, 0.05) is 29.0 Å². The molecule has 0 saturated heterocycles. The first kappa shape index (κ1) is 22.6. The van der Waals surface area contributed by atoms with Gasteiger partial charge in [0.05, 0.1) is 22.6 Å². The molecule has 0 radical (unpaired) electrons. The summed E-state index contributed by atoms with van der Waals surface area (Å²) in [7, 11) is 0. The normalized spacial score (nSPS) is 11.1. The van der Waals surface area contributed by atoms with Gasteiger partial charge in [-0.25, -0.2) is 9.97 Å². The van der Waals surface area contributed by atoms with Gasteiger partial charge in [-0.3, -0.25) is 14.5 Å². The van der Waals surface area contributed by atoms with E-state index < -0.39 is 0 Å². The molecule has 0 N–H and O–H groups in total. The van der Waals surface area contributed by atoms with Crippen molar-refractivity contribution < 1.29 is 0 Å². The molecule has 0 saturated carbocycles. The number of nitrogens with zero attached hydrogens (tertiary/aromatic N) is 7. The average molecular weight is 504 g/mol. The number of fused-ring (bicyclic) bond motifs is 1. The monoisotopic (exact) mass is 503 g/mol. The van der Waals surface area contributed by atoms with E-state index in [1.165, 1.54) is 0 Å². The second-order valence-corrected chi connectivity index (χ2v) is 8.97. The zero-order valence-electron chi connectivity index (χ0n) is 20.8. The highest BCUT2D eigenvalue weighted by molar-refractivity contribution is 5.83. The van der Waals surface area contributed by atoms with Crippen LogP contribution in [0, 0.1) is 0 Å². The average Bonchev–Trinajstić information content (AvgIpc) is 3.47. The standard InChI is InChI=1S/C32H21N7/c1-2-11-24(12-3-1)39-31(37-38-32(39)30-18-9-16-28(36-30)27-14-6-7-19-33-27)29-17-8-15-26(35-29)23-20-22-10-4-5-13-25(22)34-21-23/h1-21H. The molecule has 39 heavy (non-hydrogen) atoms. The molecule has 0 aliphatic heterocycles. The van der Waals surface area contributed by atoms with Crippen LogP contribution in [-0.2, 0) is 0 Å². The predicted molar refractivity (Wildman–Crippen MR) is 152 cm³/mol. The molecule has 0 fully saturated rings. The number of aromatic nitrogens is 7. The highest BCUT2D eigenvalue weighted by Crippen LogP contribution is 2.30. The molecule has 7 rings (SSSR count). The number of pyridine rings is 4. The van der Waals surface area contributed by atoms with Crippen LogP contribution in [0.5, 0.6) is 0 Å². The van der Waals surface area contributed by atoms with Crippen molar-refractivity contribution in [2.75, 3.05) is 0 Å². The molecule has 0 amide bonds. The van der Waals surface area contributed by atoms with E-state index >= 15 is 0 Å². The van der Waals surface area contributed by atoms with Gasteiger partial charge in [-0.15, -0.1) is 10.2 Å². The van der Waals surface area contributed by atoms with E-state index in [4.69, 9.17) is 9.97 Å². The third-order valence-corrected chi connectivity index (χ3v) is 6.45. The van der Waals surface area contributed by atoms with E-state index in [0.29, 0.717) is 23.0 Å². The molecule has 0 spiro atoms. The molecule has 5 aromatic heterocycles. The van der Waals surface area contributed by atoms with Crippen LogP contribution in [0.3, 0.4) is 0 Å². The molecule has 0 atom stereocenters. The van der Waals surface area contributed by atoms with Crippen molar-refractivity contribution in [2.24, 2.45) is 0 Å². The van der Waals surface area contributed by atoms with Crippen LogP contribution in [0.2, 0.25) is 0 Å². The van der Waals surface area contributed by atoms with E-state index in [9.17, 15) is 0 Å². The SMILES string of the molecule is c1ccc(-n2c(-c3cccc(-c4cnc5ccccc5c4)n3)nnc2-c2cccc(-c3ccccn3)n2)cc1. The van der Waals surface area contributed by atoms with E-state index in [1.807, 2.05) is 114 Å². The van der Waals surface area contributed by atoms with Crippen LogP contribution in [0.15, 0.2) is 128 Å². The lowest BCUT2D eigenvalue weighted by atomic mass is 10.1. The number of hydrogen-bond donors (Lipinski definition) is 0. The number of benzene rings is 2. The van der Waals surface area contributed by atoms with Gasteiger partial charge in [0.1, 0.15) is 11.4 Å². The first-order valence-corrected chi connectivity index (χ1v) is 12.6. The fraction of sp³-hybridized carbons (Fsp3) is 0. The second-order valence-electron chi connectivity index (χ2n) is 8.97. The highest BCUT2D eigenvalue weighted by atomic mass is 15.3. The molecule has 7 nitrogen and oxygen atoms in total. The van der Waals surface area contributed by atoms with Crippen LogP contribution in [0.25, 0.3) is 62.3 Å². The number of rotatable bonds is 5. The fourth-order valence-electron chi connectivity index (χ4n) is 4.58. The molecule has 5 heterocycles. The van der Waals surface area contributed by atoms with Crippen molar-refractivity contribution in [2.45, 2.75) is 0 Å². The maximum Gasteiger partial charge on any atom is 0.187 e. The number of para-hydroxylation sites is 2. The van der Waals surface area contributed by atoms with Gasteiger partial charge in [0.2, 0.25) is 0 Å². The van der Waals surface area contributed by atoms with Crippen molar-refractivity contribution in [3.8, 4) is 51.4 Å². The Morgan fingerprint density at radius 2 is 1.13 bits per heavy atom.